The second-order valence-electron chi connectivity index (χ2n) is 2.25. The van der Waals surface area contributed by atoms with E-state index in [4.69, 9.17) is 51.5 Å². The first-order valence-corrected chi connectivity index (χ1v) is 4.86. The van der Waals surface area contributed by atoms with Gasteiger partial charge in [-0.3, -0.25) is 0 Å². The molecule has 12 heavy (non-hydrogen) atoms. The molecule has 0 radical (unpaired) electrons. The standard InChI is InChI=1S/C6H8Cl4O2/c1-2-3(7)4(8)6(9,10)5(11)12/h3-4H,2H2,1H3,(H,11,12). The van der Waals surface area contributed by atoms with Gasteiger partial charge in [0.2, 0.25) is 4.33 Å². The Hall–Kier alpha value is 0.630. The summed E-state index contributed by atoms with van der Waals surface area (Å²) in [4.78, 5) is 10.5. The van der Waals surface area contributed by atoms with Crippen LogP contribution >= 0.6 is 46.4 Å². The van der Waals surface area contributed by atoms with E-state index in [0.29, 0.717) is 6.42 Å². The second-order valence-corrected chi connectivity index (χ2v) is 4.67. The first-order valence-electron chi connectivity index (χ1n) is 3.23. The monoisotopic (exact) mass is 252 g/mol. The van der Waals surface area contributed by atoms with Gasteiger partial charge in [0.05, 0.1) is 10.8 Å². The lowest BCUT2D eigenvalue weighted by Crippen LogP contribution is -2.40. The number of aliphatic carboxylic acids is 1. The summed E-state index contributed by atoms with van der Waals surface area (Å²) in [5.41, 5.74) is 0. The van der Waals surface area contributed by atoms with Crippen molar-refractivity contribution in [3.63, 3.8) is 0 Å². The van der Waals surface area contributed by atoms with E-state index in [1.807, 2.05) is 0 Å². The van der Waals surface area contributed by atoms with Gasteiger partial charge >= 0.3 is 5.97 Å². The summed E-state index contributed by atoms with van der Waals surface area (Å²) in [7, 11) is 0. The minimum Gasteiger partial charge on any atom is -0.479 e. The number of hydrogen-bond acceptors (Lipinski definition) is 1. The van der Waals surface area contributed by atoms with Crippen molar-refractivity contribution in [3.05, 3.63) is 0 Å². The highest BCUT2D eigenvalue weighted by Crippen LogP contribution is 2.34. The topological polar surface area (TPSA) is 37.3 Å². The fourth-order valence-electron chi connectivity index (χ4n) is 0.552. The van der Waals surface area contributed by atoms with E-state index in [1.165, 1.54) is 0 Å². The number of rotatable bonds is 4. The third-order valence-corrected chi connectivity index (χ3v) is 3.68. The number of carboxylic acid groups (broad SMARTS) is 1. The van der Waals surface area contributed by atoms with E-state index in [0.717, 1.165) is 0 Å². The van der Waals surface area contributed by atoms with E-state index in [2.05, 4.69) is 0 Å². The van der Waals surface area contributed by atoms with Crippen molar-refractivity contribution in [1.82, 2.24) is 0 Å². The maximum Gasteiger partial charge on any atom is 0.341 e. The molecular formula is C6H8Cl4O2. The van der Waals surface area contributed by atoms with Crippen molar-refractivity contribution < 1.29 is 9.90 Å². The van der Waals surface area contributed by atoms with Gasteiger partial charge < -0.3 is 5.11 Å². The van der Waals surface area contributed by atoms with Crippen molar-refractivity contribution in [2.45, 2.75) is 28.4 Å². The first kappa shape index (κ1) is 12.6. The molecule has 0 bridgehead atoms. The van der Waals surface area contributed by atoms with Crippen LogP contribution in [0.5, 0.6) is 0 Å². The van der Waals surface area contributed by atoms with Crippen molar-refractivity contribution in [3.8, 4) is 0 Å². The SMILES string of the molecule is CCC(Cl)C(Cl)C(Cl)(Cl)C(=O)O. The second kappa shape index (κ2) is 4.75. The Morgan fingerprint density at radius 2 is 1.92 bits per heavy atom. The third kappa shape index (κ3) is 2.84. The Balaban J connectivity index is 4.44. The van der Waals surface area contributed by atoms with Gasteiger partial charge in [0.25, 0.3) is 0 Å². The van der Waals surface area contributed by atoms with Crippen LogP contribution in [0.25, 0.3) is 0 Å². The molecule has 0 aliphatic rings. The fourth-order valence-corrected chi connectivity index (χ4v) is 1.45. The summed E-state index contributed by atoms with van der Waals surface area (Å²) in [6, 6.07) is 0. The maximum atomic E-state index is 10.5. The molecular weight excluding hydrogens is 246 g/mol. The van der Waals surface area contributed by atoms with Crippen LogP contribution in [0, 0.1) is 0 Å². The van der Waals surface area contributed by atoms with Crippen LogP contribution in [0.15, 0.2) is 0 Å². The normalized spacial score (nSPS) is 17.1. The minimum atomic E-state index is -2.02. The molecule has 0 aromatic carbocycles. The average molecular weight is 254 g/mol. The highest BCUT2D eigenvalue weighted by molar-refractivity contribution is 6.61. The largest absolute Gasteiger partial charge is 0.479 e. The fraction of sp³-hybridized carbons (Fsp3) is 0.833. The van der Waals surface area contributed by atoms with Crippen molar-refractivity contribution in [2.24, 2.45) is 0 Å². The number of carboxylic acids is 1. The van der Waals surface area contributed by atoms with Crippen LogP contribution in [0.2, 0.25) is 0 Å². The molecule has 0 aliphatic carbocycles. The summed E-state index contributed by atoms with van der Waals surface area (Å²) in [5.74, 6) is -1.38. The molecule has 0 rings (SSSR count). The molecule has 2 atom stereocenters. The molecule has 0 aromatic rings. The summed E-state index contributed by atoms with van der Waals surface area (Å²) < 4.78 is -2.02. The van der Waals surface area contributed by atoms with Crippen LogP contribution in [0.4, 0.5) is 0 Å². The van der Waals surface area contributed by atoms with Gasteiger partial charge in [-0.2, -0.15) is 0 Å². The van der Waals surface area contributed by atoms with Crippen LogP contribution in [0.1, 0.15) is 13.3 Å². The average Bonchev–Trinajstić information content (AvgIpc) is 2.01. The molecule has 0 amide bonds. The van der Waals surface area contributed by atoms with Gasteiger partial charge in [0.15, 0.2) is 0 Å². The highest BCUT2D eigenvalue weighted by Gasteiger charge is 2.44. The zero-order valence-corrected chi connectivity index (χ0v) is 9.25. The zero-order valence-electron chi connectivity index (χ0n) is 6.23. The van der Waals surface area contributed by atoms with E-state index in [1.54, 1.807) is 6.92 Å². The Morgan fingerprint density at radius 3 is 2.17 bits per heavy atom. The lowest BCUT2D eigenvalue weighted by Gasteiger charge is -2.23. The molecule has 0 saturated carbocycles. The zero-order chi connectivity index (χ0) is 9.94. The molecule has 1 N–H and O–H groups in total. The third-order valence-electron chi connectivity index (χ3n) is 1.34. The van der Waals surface area contributed by atoms with E-state index >= 15 is 0 Å². The molecule has 0 spiro atoms. The first-order chi connectivity index (χ1) is 5.34. The summed E-state index contributed by atoms with van der Waals surface area (Å²) in [6.45, 7) is 1.76. The molecule has 2 nitrogen and oxygen atoms in total. The molecule has 0 fully saturated rings. The van der Waals surface area contributed by atoms with Crippen molar-refractivity contribution in [1.29, 1.82) is 0 Å². The quantitative estimate of drug-likeness (QED) is 0.783. The van der Waals surface area contributed by atoms with Crippen LogP contribution in [-0.2, 0) is 4.79 Å². The smallest absolute Gasteiger partial charge is 0.341 e. The Bertz CT molecular complexity index is 171. The van der Waals surface area contributed by atoms with Gasteiger partial charge in [0.1, 0.15) is 0 Å². The van der Waals surface area contributed by atoms with Gasteiger partial charge in [0, 0.05) is 0 Å². The van der Waals surface area contributed by atoms with E-state index < -0.39 is 21.1 Å². The Morgan fingerprint density at radius 1 is 1.50 bits per heavy atom. The number of carbonyl (C=O) groups is 1. The van der Waals surface area contributed by atoms with Gasteiger partial charge in [-0.05, 0) is 6.42 Å². The summed E-state index contributed by atoms with van der Waals surface area (Å²) in [6.07, 6.45) is 0.504. The van der Waals surface area contributed by atoms with Gasteiger partial charge in [-0.15, -0.1) is 23.2 Å². The number of halogens is 4. The lowest BCUT2D eigenvalue weighted by molar-refractivity contribution is -0.137. The maximum absolute atomic E-state index is 10.5. The molecule has 0 heterocycles. The molecule has 72 valence electrons. The molecule has 2 unspecified atom stereocenters. The van der Waals surface area contributed by atoms with Crippen LogP contribution in [-0.4, -0.2) is 26.2 Å². The van der Waals surface area contributed by atoms with Crippen LogP contribution < -0.4 is 0 Å². The van der Waals surface area contributed by atoms with Crippen molar-refractivity contribution in [2.75, 3.05) is 0 Å². The van der Waals surface area contributed by atoms with Crippen molar-refractivity contribution >= 4 is 52.4 Å². The highest BCUT2D eigenvalue weighted by atomic mass is 35.5. The van der Waals surface area contributed by atoms with E-state index in [-0.39, 0.29) is 0 Å². The minimum absolute atomic E-state index is 0.504. The van der Waals surface area contributed by atoms with E-state index in [9.17, 15) is 4.79 Å². The number of alkyl halides is 4. The predicted octanol–water partition coefficient (Wildman–Crippen LogP) is 2.87. The summed E-state index contributed by atoms with van der Waals surface area (Å²) in [5, 5.41) is 6.98. The number of hydrogen-bond donors (Lipinski definition) is 1. The van der Waals surface area contributed by atoms with Crippen LogP contribution in [0.3, 0.4) is 0 Å². The van der Waals surface area contributed by atoms with Gasteiger partial charge in [-0.25, -0.2) is 4.79 Å². The summed E-state index contributed by atoms with van der Waals surface area (Å²) >= 11 is 22.2. The van der Waals surface area contributed by atoms with Gasteiger partial charge in [-0.1, -0.05) is 30.1 Å². The predicted molar refractivity (Wildman–Crippen MR) is 51.6 cm³/mol. The lowest BCUT2D eigenvalue weighted by atomic mass is 10.2. The molecule has 0 aliphatic heterocycles. The molecule has 0 saturated heterocycles. The Labute approximate surface area is 90.7 Å². The Kier molecular flexibility index (Phi) is 5.00. The molecule has 6 heteroatoms. The molecule has 0 aromatic heterocycles.